The molecule has 0 aliphatic heterocycles. The fourth-order valence-electron chi connectivity index (χ4n) is 2.33. The maximum Gasteiger partial charge on any atom is 0.272 e. The molecule has 136 valence electrons. The van der Waals surface area contributed by atoms with Gasteiger partial charge in [-0.1, -0.05) is 39.7 Å². The van der Waals surface area contributed by atoms with Gasteiger partial charge in [-0.05, 0) is 49.4 Å². The van der Waals surface area contributed by atoms with Gasteiger partial charge in [-0.25, -0.2) is 0 Å². The topological polar surface area (TPSA) is 71.3 Å². The minimum atomic E-state index is -0.446. The minimum Gasteiger partial charge on any atom is -0.465 e. The molecule has 6 heteroatoms. The number of anilines is 1. The third-order valence-corrected chi connectivity index (χ3v) is 4.21. The minimum absolute atomic E-state index is 0.0792. The van der Waals surface area contributed by atoms with E-state index in [1.54, 1.807) is 42.5 Å². The van der Waals surface area contributed by atoms with Crippen molar-refractivity contribution >= 4 is 39.5 Å². The Bertz CT molecular complexity index is 977. The van der Waals surface area contributed by atoms with Gasteiger partial charge in [0, 0.05) is 21.8 Å². The van der Waals surface area contributed by atoms with Crippen LogP contribution in [0.5, 0.6) is 0 Å². The summed E-state index contributed by atoms with van der Waals surface area (Å²) in [5.74, 6) is -0.384. The Labute approximate surface area is 165 Å². The molecule has 2 N–H and O–H groups in total. The van der Waals surface area contributed by atoms with E-state index in [1.807, 2.05) is 25.1 Å². The SMILES string of the molecule is Cc1ccc(NC(=O)C(=Cc2ccco2)NC(=O)c2cccc(Br)c2)cc1. The van der Waals surface area contributed by atoms with Crippen molar-refractivity contribution in [1.29, 1.82) is 0 Å². The predicted octanol–water partition coefficient (Wildman–Crippen LogP) is 4.76. The highest BCUT2D eigenvalue weighted by atomic mass is 79.9. The molecule has 2 aromatic carbocycles. The molecule has 2 amide bonds. The van der Waals surface area contributed by atoms with E-state index in [4.69, 9.17) is 4.42 Å². The number of aryl methyl sites for hydroxylation is 1. The molecule has 0 unspecified atom stereocenters. The number of amides is 2. The van der Waals surface area contributed by atoms with Crippen molar-refractivity contribution in [1.82, 2.24) is 5.32 Å². The number of benzene rings is 2. The Kier molecular flexibility index (Phi) is 5.88. The number of hydrogen-bond donors (Lipinski definition) is 2. The van der Waals surface area contributed by atoms with Crippen LogP contribution in [-0.4, -0.2) is 11.8 Å². The summed E-state index contributed by atoms with van der Waals surface area (Å²) >= 11 is 3.34. The quantitative estimate of drug-likeness (QED) is 0.579. The smallest absolute Gasteiger partial charge is 0.272 e. The lowest BCUT2D eigenvalue weighted by Crippen LogP contribution is -2.30. The third-order valence-electron chi connectivity index (χ3n) is 3.72. The van der Waals surface area contributed by atoms with Gasteiger partial charge in [0.15, 0.2) is 0 Å². The Hall–Kier alpha value is -3.12. The standard InChI is InChI=1S/C21H17BrN2O3/c1-14-7-9-17(10-8-14)23-21(26)19(13-18-6-3-11-27-18)24-20(25)15-4-2-5-16(22)12-15/h2-13H,1H3,(H,23,26)(H,24,25). The Balaban J connectivity index is 1.83. The Morgan fingerprint density at radius 2 is 1.81 bits per heavy atom. The molecule has 0 saturated heterocycles. The normalized spacial score (nSPS) is 11.1. The van der Waals surface area contributed by atoms with Crippen molar-refractivity contribution in [2.75, 3.05) is 5.32 Å². The molecule has 3 aromatic rings. The van der Waals surface area contributed by atoms with Crippen molar-refractivity contribution in [3.05, 3.63) is 94.0 Å². The van der Waals surface area contributed by atoms with Gasteiger partial charge in [-0.2, -0.15) is 0 Å². The fraction of sp³-hybridized carbons (Fsp3) is 0.0476. The van der Waals surface area contributed by atoms with Crippen molar-refractivity contribution in [2.45, 2.75) is 6.92 Å². The second-order valence-corrected chi connectivity index (χ2v) is 6.77. The molecule has 0 aliphatic rings. The maximum atomic E-state index is 12.7. The summed E-state index contributed by atoms with van der Waals surface area (Å²) in [7, 11) is 0. The number of rotatable bonds is 5. The van der Waals surface area contributed by atoms with Crippen LogP contribution >= 0.6 is 15.9 Å². The van der Waals surface area contributed by atoms with Crippen LogP contribution in [0.3, 0.4) is 0 Å². The lowest BCUT2D eigenvalue weighted by molar-refractivity contribution is -0.113. The summed E-state index contributed by atoms with van der Waals surface area (Å²) in [6.07, 6.45) is 2.98. The predicted molar refractivity (Wildman–Crippen MR) is 108 cm³/mol. The first-order valence-electron chi connectivity index (χ1n) is 8.21. The molecule has 5 nitrogen and oxygen atoms in total. The molecule has 1 aromatic heterocycles. The summed E-state index contributed by atoms with van der Waals surface area (Å²) in [4.78, 5) is 25.3. The third kappa shape index (κ3) is 5.18. The largest absolute Gasteiger partial charge is 0.465 e. The summed E-state index contributed by atoms with van der Waals surface area (Å²) in [6, 6.07) is 17.7. The van der Waals surface area contributed by atoms with Crippen molar-refractivity contribution in [3.8, 4) is 0 Å². The summed E-state index contributed by atoms with van der Waals surface area (Å²) in [5, 5.41) is 5.44. The first kappa shape index (κ1) is 18.7. The summed E-state index contributed by atoms with van der Waals surface area (Å²) in [5.41, 5.74) is 2.23. The van der Waals surface area contributed by atoms with Gasteiger partial charge in [0.2, 0.25) is 0 Å². The average Bonchev–Trinajstić information content (AvgIpc) is 3.16. The van der Waals surface area contributed by atoms with Crippen molar-refractivity contribution in [3.63, 3.8) is 0 Å². The van der Waals surface area contributed by atoms with Crippen LogP contribution in [0.2, 0.25) is 0 Å². The van der Waals surface area contributed by atoms with Crippen LogP contribution in [0, 0.1) is 6.92 Å². The molecule has 27 heavy (non-hydrogen) atoms. The van der Waals surface area contributed by atoms with Crippen LogP contribution in [0.4, 0.5) is 5.69 Å². The molecule has 1 heterocycles. The maximum absolute atomic E-state index is 12.7. The fourth-order valence-corrected chi connectivity index (χ4v) is 2.73. The molecule has 0 bridgehead atoms. The molecule has 0 fully saturated rings. The second-order valence-electron chi connectivity index (χ2n) is 5.86. The molecule has 0 atom stereocenters. The highest BCUT2D eigenvalue weighted by molar-refractivity contribution is 9.10. The second kappa shape index (κ2) is 8.51. The molecule has 0 spiro atoms. The van der Waals surface area contributed by atoms with Gasteiger partial charge < -0.3 is 15.1 Å². The number of nitrogens with one attached hydrogen (secondary N) is 2. The van der Waals surface area contributed by atoms with E-state index in [9.17, 15) is 9.59 Å². The first-order valence-corrected chi connectivity index (χ1v) is 9.01. The first-order chi connectivity index (χ1) is 13.0. The molecule has 0 saturated carbocycles. The van der Waals surface area contributed by atoms with E-state index in [2.05, 4.69) is 26.6 Å². The zero-order valence-corrected chi connectivity index (χ0v) is 16.1. The molecule has 0 radical (unpaired) electrons. The van der Waals surface area contributed by atoms with Gasteiger partial charge in [0.1, 0.15) is 11.5 Å². The van der Waals surface area contributed by atoms with Crippen LogP contribution in [0.1, 0.15) is 21.7 Å². The van der Waals surface area contributed by atoms with E-state index < -0.39 is 11.8 Å². The molecular formula is C21H17BrN2O3. The number of carbonyl (C=O) groups excluding carboxylic acids is 2. The van der Waals surface area contributed by atoms with Gasteiger partial charge in [0.25, 0.3) is 11.8 Å². The summed E-state index contributed by atoms with van der Waals surface area (Å²) in [6.45, 7) is 1.96. The highest BCUT2D eigenvalue weighted by Crippen LogP contribution is 2.14. The lowest BCUT2D eigenvalue weighted by atomic mass is 10.2. The zero-order valence-electron chi connectivity index (χ0n) is 14.5. The summed E-state index contributed by atoms with van der Waals surface area (Å²) < 4.78 is 6.05. The van der Waals surface area contributed by atoms with E-state index in [-0.39, 0.29) is 5.70 Å². The van der Waals surface area contributed by atoms with Crippen LogP contribution in [0.25, 0.3) is 6.08 Å². The van der Waals surface area contributed by atoms with Crippen LogP contribution in [0.15, 0.2) is 81.5 Å². The highest BCUT2D eigenvalue weighted by Gasteiger charge is 2.16. The monoisotopic (exact) mass is 424 g/mol. The number of carbonyl (C=O) groups is 2. The van der Waals surface area contributed by atoms with Crippen molar-refractivity contribution in [2.24, 2.45) is 0 Å². The zero-order chi connectivity index (χ0) is 19.2. The van der Waals surface area contributed by atoms with E-state index >= 15 is 0 Å². The van der Waals surface area contributed by atoms with Gasteiger partial charge >= 0.3 is 0 Å². The van der Waals surface area contributed by atoms with Gasteiger partial charge in [0.05, 0.1) is 6.26 Å². The van der Waals surface area contributed by atoms with E-state index in [0.717, 1.165) is 10.0 Å². The Morgan fingerprint density at radius 3 is 2.48 bits per heavy atom. The lowest BCUT2D eigenvalue weighted by Gasteiger charge is -2.11. The van der Waals surface area contributed by atoms with Gasteiger partial charge in [-0.15, -0.1) is 0 Å². The van der Waals surface area contributed by atoms with E-state index in [0.29, 0.717) is 17.0 Å². The number of furan rings is 1. The number of hydrogen-bond acceptors (Lipinski definition) is 3. The molecular weight excluding hydrogens is 408 g/mol. The molecule has 3 rings (SSSR count). The molecule has 0 aliphatic carbocycles. The van der Waals surface area contributed by atoms with Crippen LogP contribution < -0.4 is 10.6 Å². The van der Waals surface area contributed by atoms with Crippen LogP contribution in [-0.2, 0) is 4.79 Å². The van der Waals surface area contributed by atoms with E-state index in [1.165, 1.54) is 12.3 Å². The average molecular weight is 425 g/mol. The number of halogens is 1. The van der Waals surface area contributed by atoms with Gasteiger partial charge in [-0.3, -0.25) is 9.59 Å². The Morgan fingerprint density at radius 1 is 1.04 bits per heavy atom. The van der Waals surface area contributed by atoms with Crippen molar-refractivity contribution < 1.29 is 14.0 Å².